The van der Waals surface area contributed by atoms with Crippen LogP contribution in [0.5, 0.6) is 0 Å². The highest BCUT2D eigenvalue weighted by Gasteiger charge is 2.30. The summed E-state index contributed by atoms with van der Waals surface area (Å²) in [6.45, 7) is 5.27. The molecule has 0 unspecified atom stereocenters. The first-order valence-corrected chi connectivity index (χ1v) is 17.0. The Morgan fingerprint density at radius 1 is 0.843 bits per heavy atom. The fraction of sp³-hybridized carbons (Fsp3) is 0.368. The molecule has 1 aliphatic rings. The first-order valence-electron chi connectivity index (χ1n) is 17.0. The summed E-state index contributed by atoms with van der Waals surface area (Å²) in [5.74, 6) is -1.90. The maximum Gasteiger partial charge on any atom is 0.243 e. The maximum atomic E-state index is 13.5. The Kier molecular flexibility index (Phi) is 14.1. The molecule has 1 saturated carbocycles. The van der Waals surface area contributed by atoms with E-state index in [-0.39, 0.29) is 62.0 Å². The zero-order chi connectivity index (χ0) is 36.8. The van der Waals surface area contributed by atoms with Crippen LogP contribution in [0.4, 0.5) is 0 Å². The van der Waals surface area contributed by atoms with Crippen LogP contribution in [-0.4, -0.2) is 53.6 Å². The molecule has 1 aromatic heterocycles. The van der Waals surface area contributed by atoms with Gasteiger partial charge in [0, 0.05) is 44.8 Å². The van der Waals surface area contributed by atoms with E-state index in [0.717, 1.165) is 11.1 Å². The van der Waals surface area contributed by atoms with Crippen molar-refractivity contribution in [2.45, 2.75) is 83.1 Å². The van der Waals surface area contributed by atoms with E-state index in [1.54, 1.807) is 48.5 Å². The summed E-state index contributed by atoms with van der Waals surface area (Å²) < 4.78 is 5.47. The fourth-order valence-electron chi connectivity index (χ4n) is 6.13. The topological polar surface area (TPSA) is 202 Å². The van der Waals surface area contributed by atoms with Crippen LogP contribution in [0, 0.1) is 5.92 Å². The van der Waals surface area contributed by atoms with Gasteiger partial charge in [-0.25, -0.2) is 0 Å². The number of amides is 6. The second-order valence-electron chi connectivity index (χ2n) is 12.7. The molecule has 4 rings (SSSR count). The number of hydrogen-bond acceptors (Lipinski definition) is 7. The zero-order valence-electron chi connectivity index (χ0n) is 28.7. The molecule has 13 heteroatoms. The number of hydrogen-bond donors (Lipinski definition) is 6. The van der Waals surface area contributed by atoms with Gasteiger partial charge in [-0.3, -0.25) is 28.8 Å². The summed E-state index contributed by atoms with van der Waals surface area (Å²) in [6.07, 6.45) is 5.47. The number of benzene rings is 2. The van der Waals surface area contributed by atoms with Crippen molar-refractivity contribution in [1.82, 2.24) is 26.6 Å². The molecule has 0 aliphatic heterocycles. The van der Waals surface area contributed by atoms with Gasteiger partial charge in [0.15, 0.2) is 0 Å². The lowest BCUT2D eigenvalue weighted by Gasteiger charge is -2.29. The van der Waals surface area contributed by atoms with E-state index < -0.39 is 29.8 Å². The lowest BCUT2D eigenvalue weighted by atomic mass is 9.85. The third-order valence-electron chi connectivity index (χ3n) is 8.81. The number of primary amides is 1. The molecule has 13 nitrogen and oxygen atoms in total. The van der Waals surface area contributed by atoms with Crippen molar-refractivity contribution in [1.29, 1.82) is 0 Å². The molecule has 2 aromatic carbocycles. The summed E-state index contributed by atoms with van der Waals surface area (Å²) in [4.78, 5) is 75.2. The largest absolute Gasteiger partial charge is 0.469 e. The summed E-state index contributed by atoms with van der Waals surface area (Å²) in [7, 11) is 0. The monoisotopic (exact) mass is 698 g/mol. The molecule has 1 aliphatic carbocycles. The Morgan fingerprint density at radius 2 is 1.57 bits per heavy atom. The minimum absolute atomic E-state index is 0.0407. The molecule has 1 fully saturated rings. The molecule has 0 bridgehead atoms. The average Bonchev–Trinajstić information content (AvgIpc) is 3.63. The molecular formula is C38H46N6O7. The van der Waals surface area contributed by atoms with Gasteiger partial charge >= 0.3 is 0 Å². The summed E-state index contributed by atoms with van der Waals surface area (Å²) in [5, 5.41) is 14.1. The molecule has 2 atom stereocenters. The molecule has 0 radical (unpaired) electrons. The van der Waals surface area contributed by atoms with Crippen LogP contribution in [-0.2, 0) is 61.1 Å². The van der Waals surface area contributed by atoms with E-state index in [1.165, 1.54) is 19.3 Å². The van der Waals surface area contributed by atoms with Crippen LogP contribution in [0.1, 0.15) is 60.6 Å². The smallest absolute Gasteiger partial charge is 0.243 e. The number of carbonyl (C=O) groups excluding carboxylic acids is 6. The molecule has 0 spiro atoms. The van der Waals surface area contributed by atoms with Gasteiger partial charge < -0.3 is 36.7 Å². The van der Waals surface area contributed by atoms with Gasteiger partial charge in [-0.05, 0) is 66.1 Å². The van der Waals surface area contributed by atoms with Crippen molar-refractivity contribution in [3.63, 3.8) is 0 Å². The average molecular weight is 699 g/mol. The van der Waals surface area contributed by atoms with Gasteiger partial charge in [-0.2, -0.15) is 0 Å². The van der Waals surface area contributed by atoms with Crippen molar-refractivity contribution >= 4 is 35.4 Å². The number of nitrogens with one attached hydrogen (secondary N) is 5. The van der Waals surface area contributed by atoms with Gasteiger partial charge in [-0.1, -0.05) is 55.1 Å². The summed E-state index contributed by atoms with van der Waals surface area (Å²) >= 11 is 0. The minimum Gasteiger partial charge on any atom is -0.469 e. The number of rotatable bonds is 17. The van der Waals surface area contributed by atoms with Crippen LogP contribution >= 0.6 is 0 Å². The Hall–Kier alpha value is -5.72. The maximum absolute atomic E-state index is 13.5. The number of nitrogens with two attached hydrogens (primary N) is 1. The Bertz CT molecular complexity index is 1700. The molecule has 270 valence electrons. The highest BCUT2D eigenvalue weighted by Crippen LogP contribution is 2.25. The SMILES string of the molecule is C=CC(=O)NCc1cccc(C[C@H](NC(=O)Cc2ccccc2CNC(=O)[C@H](Cc2ccco2)NC(=O)[C@H]2CC[C@@H](NC(C)=O)CC2)C(N)=O)c1. The lowest BCUT2D eigenvalue weighted by Crippen LogP contribution is -2.50. The number of furan rings is 1. The predicted molar refractivity (Wildman–Crippen MR) is 189 cm³/mol. The summed E-state index contributed by atoms with van der Waals surface area (Å²) in [5.41, 5.74) is 8.54. The molecule has 3 aromatic rings. The second kappa shape index (κ2) is 18.9. The van der Waals surface area contributed by atoms with Gasteiger partial charge in [0.25, 0.3) is 0 Å². The second-order valence-corrected chi connectivity index (χ2v) is 12.7. The third kappa shape index (κ3) is 12.3. The van der Waals surface area contributed by atoms with E-state index >= 15 is 0 Å². The molecule has 51 heavy (non-hydrogen) atoms. The van der Waals surface area contributed by atoms with Crippen molar-refractivity contribution in [3.8, 4) is 0 Å². The van der Waals surface area contributed by atoms with E-state index in [2.05, 4.69) is 33.2 Å². The van der Waals surface area contributed by atoms with Gasteiger partial charge in [0.2, 0.25) is 35.4 Å². The highest BCUT2D eigenvalue weighted by atomic mass is 16.3. The molecular weight excluding hydrogens is 652 g/mol. The van der Waals surface area contributed by atoms with E-state index in [9.17, 15) is 28.8 Å². The fourth-order valence-corrected chi connectivity index (χ4v) is 6.13. The standard InChI is InChI=1S/C38H46N6O7/c1-3-34(46)40-22-26-9-6-8-25(18-26)19-32(36(39)48)43-35(47)20-28-10-4-5-11-29(28)23-41-38(50)33(21-31-12-7-17-51-31)44-37(49)27-13-15-30(16-14-27)42-24(2)45/h3-12,17-18,27,30,32-33H,1,13-16,19-23H2,2H3,(H2,39,48)(H,40,46)(H,41,50)(H,42,45)(H,43,47)(H,44,49)/t27-,30+,32-,33-/m0/s1. The van der Waals surface area contributed by atoms with Crippen LogP contribution in [0.3, 0.4) is 0 Å². The normalized spacial score (nSPS) is 16.5. The van der Waals surface area contributed by atoms with Crippen molar-refractivity contribution < 1.29 is 33.2 Å². The molecule has 1 heterocycles. The molecule has 7 N–H and O–H groups in total. The van der Waals surface area contributed by atoms with Crippen molar-refractivity contribution in [3.05, 3.63) is 108 Å². The Morgan fingerprint density at radius 3 is 2.24 bits per heavy atom. The Labute approximate surface area is 297 Å². The van der Waals surface area contributed by atoms with E-state index in [1.807, 2.05) is 12.1 Å². The third-order valence-corrected chi connectivity index (χ3v) is 8.81. The first kappa shape index (κ1) is 38.1. The van der Waals surface area contributed by atoms with E-state index in [4.69, 9.17) is 10.2 Å². The molecule has 0 saturated heterocycles. The van der Waals surface area contributed by atoms with Crippen molar-refractivity contribution in [2.75, 3.05) is 0 Å². The number of carbonyl (C=O) groups is 6. The van der Waals surface area contributed by atoms with Crippen LogP contribution in [0.2, 0.25) is 0 Å². The van der Waals surface area contributed by atoms with Gasteiger partial charge in [0.05, 0.1) is 12.7 Å². The first-order chi connectivity index (χ1) is 24.5. The highest BCUT2D eigenvalue weighted by molar-refractivity contribution is 5.89. The minimum atomic E-state index is -0.978. The van der Waals surface area contributed by atoms with Gasteiger partial charge in [0.1, 0.15) is 17.8 Å². The van der Waals surface area contributed by atoms with Crippen molar-refractivity contribution in [2.24, 2.45) is 11.7 Å². The predicted octanol–water partition coefficient (Wildman–Crippen LogP) is 1.88. The lowest BCUT2D eigenvalue weighted by molar-refractivity contribution is -0.132. The van der Waals surface area contributed by atoms with Crippen LogP contribution in [0.15, 0.2) is 84.0 Å². The van der Waals surface area contributed by atoms with Crippen LogP contribution < -0.4 is 32.3 Å². The quantitative estimate of drug-likeness (QED) is 0.116. The van der Waals surface area contributed by atoms with Crippen LogP contribution in [0.25, 0.3) is 0 Å². The summed E-state index contributed by atoms with van der Waals surface area (Å²) in [6, 6.07) is 16.0. The van der Waals surface area contributed by atoms with Gasteiger partial charge in [-0.15, -0.1) is 0 Å². The molecule has 6 amide bonds. The Balaban J connectivity index is 1.35. The zero-order valence-corrected chi connectivity index (χ0v) is 28.7. The van der Waals surface area contributed by atoms with E-state index in [0.29, 0.717) is 42.6 Å².